The second-order valence-electron chi connectivity index (χ2n) is 43.3. The number of carbonyl (C=O) groups excluding carboxylic acids is 10. The summed E-state index contributed by atoms with van der Waals surface area (Å²) in [4.78, 5) is 150. The zero-order chi connectivity index (χ0) is 104. The van der Waals surface area contributed by atoms with Crippen molar-refractivity contribution < 1.29 is 105 Å². The third-order valence-corrected chi connectivity index (χ3v) is 28.1. The zero-order valence-electron chi connectivity index (χ0n) is 86.5. The molecule has 4 saturated heterocycles. The lowest BCUT2D eigenvalue weighted by Gasteiger charge is -2.30. The van der Waals surface area contributed by atoms with Crippen LogP contribution in [0.2, 0.25) is 0 Å². The van der Waals surface area contributed by atoms with Crippen LogP contribution in [0.15, 0.2) is 195 Å². The van der Waals surface area contributed by atoms with Gasteiger partial charge in [-0.1, -0.05) is 249 Å². The molecule has 4 heterocycles. The van der Waals surface area contributed by atoms with Gasteiger partial charge >= 0.3 is 42.2 Å². The van der Waals surface area contributed by atoms with Crippen molar-refractivity contribution in [2.24, 2.45) is 23.7 Å². The van der Waals surface area contributed by atoms with Gasteiger partial charge in [-0.15, -0.1) is 0 Å². The van der Waals surface area contributed by atoms with Crippen molar-refractivity contribution in [1.82, 2.24) is 40.9 Å². The first-order valence-corrected chi connectivity index (χ1v) is 50.7. The van der Waals surface area contributed by atoms with Crippen molar-refractivity contribution in [3.8, 4) is 0 Å². The Hall–Kier alpha value is -12.4. The number of aliphatic carboxylic acids is 1. The Kier molecular flexibility index (Phi) is 34.7. The van der Waals surface area contributed by atoms with Gasteiger partial charge in [0.2, 0.25) is 23.6 Å². The standard InChI is InChI=1S/C31H42N2O6.C30H38N2O6.C27H34N2O6.C26H32N2O4/c1-8-22-17-31(22,27(35)38-29(2,3)4)32-26(34)25-16-23(18-33(25)28(36)39-30(5,6)7)37-19-21-14-11-13-20-12-9-10-15-24(20)21;1-6-15-36-27(34)30(17-22(30)7-2)31-26(33)25-16-23(18-32(25)28(35)38-29(3,4)5)37-19-21-13-10-12-20-11-8-9-14-24(20)21;1-5-19-14-27(19,24(31)32)28-23(30)22-13-20(15-29(22)25(33)35-26(2,3)4)34-16-18-11-8-10-17-9-6-7-12-21(17)18;1-4-13-31-25(30)26(15-20(26)5-2)27-24(29)23-14-21(16-28(23)3)32-17-19-11-8-10-18-9-6-7-12-22(18)19/h9-15,22-23,25H,8,16-19H2,1-7H3,(H,32,34);6,8-14,22-23,25H,1,7,15-19H2,2-5H3,(H,31,33);6-12,19-20,22H,5,13-16H2,1-4H3,(H,28,30)(H,31,32);4,6-12,20-21,23H,1,5,13-17H2,2-3H3,(H,27,29)/t22?,23-,25+,31-;22?,23-,25+,30-;19?,20-,22+,27-;20?,21-,23+,26-/m1111/s1. The Bertz CT molecular complexity index is 5980. The predicted octanol–water partition coefficient (Wildman–Crippen LogP) is 17.7. The average Bonchev–Trinajstić information content (AvgIpc) is 1.60. The Balaban J connectivity index is 0.000000161. The van der Waals surface area contributed by atoms with Gasteiger partial charge in [0.05, 0.1) is 76.5 Å². The summed E-state index contributed by atoms with van der Waals surface area (Å²) in [7, 11) is 1.93. The van der Waals surface area contributed by atoms with Gasteiger partial charge in [-0.2, -0.15) is 0 Å². The number of esters is 3. The largest absolute Gasteiger partial charge is 0.479 e. The van der Waals surface area contributed by atoms with Crippen LogP contribution in [0, 0.1) is 23.7 Å². The highest BCUT2D eigenvalue weighted by atomic mass is 16.6. The van der Waals surface area contributed by atoms with Crippen LogP contribution in [0.25, 0.3) is 43.1 Å². The van der Waals surface area contributed by atoms with E-state index in [9.17, 15) is 57.8 Å². The van der Waals surface area contributed by atoms with Crippen molar-refractivity contribution in [1.29, 1.82) is 0 Å². The number of carbonyl (C=O) groups is 11. The van der Waals surface area contributed by atoms with E-state index in [1.54, 1.807) is 68.4 Å². The number of likely N-dealkylation sites (N-methyl/N-ethyl adjacent to an activating group) is 1. The van der Waals surface area contributed by atoms with E-state index in [0.29, 0.717) is 84.3 Å². The second-order valence-corrected chi connectivity index (χ2v) is 43.3. The quantitative estimate of drug-likeness (QED) is 0.0148. The Morgan fingerprint density at radius 2 is 0.583 bits per heavy atom. The maximum atomic E-state index is 13.7. The minimum absolute atomic E-state index is 0.00825. The van der Waals surface area contributed by atoms with Crippen LogP contribution in [0.3, 0.4) is 0 Å². The molecule has 8 aromatic rings. The van der Waals surface area contributed by atoms with Gasteiger partial charge in [0.15, 0.2) is 0 Å². The molecule has 144 heavy (non-hydrogen) atoms. The Labute approximate surface area is 845 Å². The summed E-state index contributed by atoms with van der Waals surface area (Å²) in [5.41, 5.74) is -2.90. The van der Waals surface area contributed by atoms with Gasteiger partial charge in [0.1, 0.15) is 75.9 Å². The molecule has 16 atom stereocenters. The maximum absolute atomic E-state index is 13.7. The smallest absolute Gasteiger partial charge is 0.411 e. The molecule has 30 heteroatoms. The maximum Gasteiger partial charge on any atom is 0.411 e. The van der Waals surface area contributed by atoms with Gasteiger partial charge in [-0.3, -0.25) is 38.8 Å². The fraction of sp³-hybridized carbons (Fsp3) is 0.518. The van der Waals surface area contributed by atoms with Crippen molar-refractivity contribution in [3.05, 3.63) is 217 Å². The minimum atomic E-state index is -1.26. The summed E-state index contributed by atoms with van der Waals surface area (Å²) < 4.78 is 57.9. The highest BCUT2D eigenvalue weighted by Gasteiger charge is 2.66. The normalized spacial score (nSPS) is 25.6. The summed E-state index contributed by atoms with van der Waals surface area (Å²) in [5, 5.41) is 30.4. The number of likely N-dealkylation sites (tertiary alicyclic amines) is 4. The van der Waals surface area contributed by atoms with Gasteiger partial charge in [0.25, 0.3) is 0 Å². The first-order valence-electron chi connectivity index (χ1n) is 50.7. The number of nitrogens with one attached hydrogen (secondary N) is 4. The number of amides is 7. The second kappa shape index (κ2) is 45.9. The average molecular weight is 1980 g/mol. The highest BCUT2D eigenvalue weighted by Crippen LogP contribution is 2.51. The van der Waals surface area contributed by atoms with Crippen LogP contribution < -0.4 is 21.3 Å². The summed E-state index contributed by atoms with van der Waals surface area (Å²) in [6, 6.07) is 54.0. The topological polar surface area (TPSA) is 361 Å². The first kappa shape index (κ1) is 109. The van der Waals surface area contributed by atoms with Crippen LogP contribution in [-0.4, -0.2) is 230 Å². The van der Waals surface area contributed by atoms with Crippen molar-refractivity contribution in [3.63, 3.8) is 0 Å². The number of carboxylic acid groups (broad SMARTS) is 1. The molecule has 4 saturated carbocycles. The minimum Gasteiger partial charge on any atom is -0.479 e. The molecule has 30 nitrogen and oxygen atoms in total. The van der Waals surface area contributed by atoms with Gasteiger partial charge in [-0.05, 0) is 211 Å². The molecule has 0 radical (unpaired) electrons. The molecule has 4 aliphatic heterocycles. The molecule has 5 N–H and O–H groups in total. The van der Waals surface area contributed by atoms with Crippen molar-refractivity contribution in [2.75, 3.05) is 46.4 Å². The van der Waals surface area contributed by atoms with Crippen LogP contribution >= 0.6 is 0 Å². The van der Waals surface area contributed by atoms with Crippen molar-refractivity contribution in [2.45, 2.75) is 307 Å². The summed E-state index contributed by atoms with van der Waals surface area (Å²) in [6.07, 6.45) is 6.53. The highest BCUT2D eigenvalue weighted by molar-refractivity contribution is 5.98. The summed E-state index contributed by atoms with van der Waals surface area (Å²) in [5.74, 6) is -3.72. The lowest BCUT2D eigenvalue weighted by molar-refractivity contribution is -0.161. The molecule has 7 amide bonds. The van der Waals surface area contributed by atoms with E-state index < -0.39 is 111 Å². The van der Waals surface area contributed by atoms with Crippen molar-refractivity contribution >= 4 is 109 Å². The predicted molar refractivity (Wildman–Crippen MR) is 548 cm³/mol. The van der Waals surface area contributed by atoms with Crippen LogP contribution in [-0.2, 0) is 112 Å². The number of nitrogens with zero attached hydrogens (tertiary/aromatic N) is 4. The van der Waals surface area contributed by atoms with Crippen LogP contribution in [0.1, 0.15) is 210 Å². The van der Waals surface area contributed by atoms with Gasteiger partial charge in [0, 0.05) is 25.8 Å². The molecule has 774 valence electrons. The molecule has 16 rings (SSSR count). The lowest BCUT2D eigenvalue weighted by Crippen LogP contribution is -2.54. The fourth-order valence-corrected chi connectivity index (χ4v) is 20.2. The number of ether oxygens (including phenoxy) is 10. The molecular formula is C114H146N8O22. The van der Waals surface area contributed by atoms with E-state index in [2.05, 4.69) is 95.1 Å². The molecule has 8 fully saturated rings. The monoisotopic (exact) mass is 1980 g/mol. The van der Waals surface area contributed by atoms with Crippen LogP contribution in [0.4, 0.5) is 14.4 Å². The zero-order valence-corrected chi connectivity index (χ0v) is 86.5. The van der Waals surface area contributed by atoms with E-state index >= 15 is 0 Å². The molecular weight excluding hydrogens is 1830 g/mol. The van der Waals surface area contributed by atoms with Gasteiger partial charge < -0.3 is 73.7 Å². The molecule has 8 aromatic carbocycles. The summed E-state index contributed by atoms with van der Waals surface area (Å²) in [6.45, 7) is 39.5. The molecule has 4 unspecified atom stereocenters. The molecule has 0 aromatic heterocycles. The van der Waals surface area contributed by atoms with E-state index in [1.165, 1.54) is 31.5 Å². The summed E-state index contributed by atoms with van der Waals surface area (Å²) >= 11 is 0. The Morgan fingerprint density at radius 1 is 0.340 bits per heavy atom. The van der Waals surface area contributed by atoms with E-state index in [1.807, 2.05) is 170 Å². The van der Waals surface area contributed by atoms with Crippen LogP contribution in [0.5, 0.6) is 0 Å². The SMILES string of the molecule is C=CCOC(=O)[C@@]1(NC(=O)[C@@H]2C[C@@H](OCc3cccc4ccccc34)CN2C(=O)OC(C)(C)C)CC1CC.C=CCOC(=O)[C@@]1(NC(=O)[C@@H]2C[C@@H](OCc3cccc4ccccc34)CN2C)CC1CC.CCC1C[C@]1(NC(=O)[C@@H]1C[C@@H](OCc2cccc3ccccc23)CN1C(=O)OC(C)(C)C)C(=O)O.CCC1C[C@]1(NC(=O)[C@@H]1C[C@@H](OCc2cccc3ccccc23)CN1C(=O)OC(C)(C)C)C(=O)OC(C)(C)C. The number of rotatable bonds is 32. The number of carboxylic acids is 1. The Morgan fingerprint density at radius 3 is 0.847 bits per heavy atom. The molecule has 0 bridgehead atoms. The third kappa shape index (κ3) is 26.7. The number of hydrogen-bond donors (Lipinski definition) is 5. The third-order valence-electron chi connectivity index (χ3n) is 28.1. The van der Waals surface area contributed by atoms with E-state index in [4.69, 9.17) is 47.4 Å². The molecule has 4 aliphatic carbocycles. The molecule has 0 spiro atoms. The number of fused-ring (bicyclic) bond motifs is 4. The first-order chi connectivity index (χ1) is 68.3. The van der Waals surface area contributed by atoms with Gasteiger partial charge in [-0.25, -0.2) is 33.6 Å². The van der Waals surface area contributed by atoms with E-state index in [-0.39, 0.29) is 111 Å². The van der Waals surface area contributed by atoms with E-state index in [0.717, 1.165) is 73.8 Å². The number of hydrogen-bond acceptors (Lipinski definition) is 22. The number of benzene rings is 8. The molecule has 8 aliphatic rings. The fourth-order valence-electron chi connectivity index (χ4n) is 20.2. The lowest BCUT2D eigenvalue weighted by atomic mass is 10.1.